The molecule has 0 aliphatic heterocycles. The van der Waals surface area contributed by atoms with Crippen LogP contribution in [0.25, 0.3) is 0 Å². The summed E-state index contributed by atoms with van der Waals surface area (Å²) in [4.78, 5) is 11.9. The standard InChI is InChI=1S/C15H24ClNO4P/c1-11(16)9-10-12(2)21-22(19)17-13(3)15(18)20-14-7-5-4-6-8-14/h9-10,13-14H,4-8H2,1-3H3,(H,17,19)/q+1. The number of hydrogen-bond donors (Lipinski definition) is 1. The molecule has 0 heterocycles. The molecular formula is C15H24ClNO4P+. The summed E-state index contributed by atoms with van der Waals surface area (Å²) in [5.74, 6) is 0.0541. The van der Waals surface area contributed by atoms with E-state index in [1.807, 2.05) is 0 Å². The van der Waals surface area contributed by atoms with Gasteiger partial charge in [0.25, 0.3) is 0 Å². The summed E-state index contributed by atoms with van der Waals surface area (Å²) in [6, 6.07) is -0.677. The molecule has 1 aliphatic carbocycles. The van der Waals surface area contributed by atoms with Crippen LogP contribution in [0.3, 0.4) is 0 Å². The first kappa shape index (κ1) is 19.1. The fraction of sp³-hybridized carbons (Fsp3) is 0.667. The largest absolute Gasteiger partial charge is 0.664 e. The van der Waals surface area contributed by atoms with Gasteiger partial charge < -0.3 is 4.74 Å². The first-order chi connectivity index (χ1) is 10.4. The summed E-state index contributed by atoms with van der Waals surface area (Å²) in [6.07, 6.45) is 8.44. The van der Waals surface area contributed by atoms with Crippen molar-refractivity contribution >= 4 is 25.7 Å². The Kier molecular flexibility index (Phi) is 8.69. The van der Waals surface area contributed by atoms with Crippen molar-refractivity contribution in [2.45, 2.75) is 65.0 Å². The van der Waals surface area contributed by atoms with Crippen LogP contribution in [0.4, 0.5) is 0 Å². The van der Waals surface area contributed by atoms with E-state index in [1.54, 1.807) is 32.9 Å². The molecule has 124 valence electrons. The lowest BCUT2D eigenvalue weighted by Gasteiger charge is -2.22. The van der Waals surface area contributed by atoms with Crippen LogP contribution in [-0.2, 0) is 18.6 Å². The van der Waals surface area contributed by atoms with Crippen molar-refractivity contribution in [1.29, 1.82) is 0 Å². The first-order valence-corrected chi connectivity index (χ1v) is 9.06. The van der Waals surface area contributed by atoms with E-state index < -0.39 is 20.2 Å². The van der Waals surface area contributed by atoms with Crippen molar-refractivity contribution in [1.82, 2.24) is 5.09 Å². The number of halogens is 1. The second kappa shape index (κ2) is 9.98. The van der Waals surface area contributed by atoms with Gasteiger partial charge in [-0.2, -0.15) is 0 Å². The molecule has 0 bridgehead atoms. The summed E-state index contributed by atoms with van der Waals surface area (Å²) < 4.78 is 22.4. The molecular weight excluding hydrogens is 325 g/mol. The van der Waals surface area contributed by atoms with Crippen LogP contribution in [0.15, 0.2) is 22.9 Å². The Morgan fingerprint density at radius 1 is 1.27 bits per heavy atom. The highest BCUT2D eigenvalue weighted by atomic mass is 35.5. The lowest BCUT2D eigenvalue weighted by atomic mass is 9.98. The Labute approximate surface area is 138 Å². The van der Waals surface area contributed by atoms with Crippen LogP contribution in [0, 0.1) is 0 Å². The van der Waals surface area contributed by atoms with E-state index >= 15 is 0 Å². The second-order valence-corrected chi connectivity index (χ2v) is 6.98. The predicted molar refractivity (Wildman–Crippen MR) is 87.6 cm³/mol. The zero-order chi connectivity index (χ0) is 16.5. The molecule has 1 aliphatic rings. The Morgan fingerprint density at radius 3 is 2.50 bits per heavy atom. The first-order valence-electron chi connectivity index (χ1n) is 7.51. The van der Waals surface area contributed by atoms with Crippen LogP contribution in [0.1, 0.15) is 52.9 Å². The molecule has 1 fully saturated rings. The van der Waals surface area contributed by atoms with Gasteiger partial charge in [-0.3, -0.25) is 4.79 Å². The number of carbonyl (C=O) groups excluding carboxylic acids is 1. The van der Waals surface area contributed by atoms with Gasteiger partial charge in [-0.25, -0.2) is 4.52 Å². The third-order valence-electron chi connectivity index (χ3n) is 3.26. The number of hydrogen-bond acceptors (Lipinski definition) is 4. The predicted octanol–water partition coefficient (Wildman–Crippen LogP) is 4.56. The lowest BCUT2D eigenvalue weighted by Crippen LogP contribution is -2.34. The molecule has 7 heteroatoms. The molecule has 5 nitrogen and oxygen atoms in total. The van der Waals surface area contributed by atoms with Gasteiger partial charge >= 0.3 is 14.1 Å². The molecule has 2 unspecified atom stereocenters. The molecule has 1 saturated carbocycles. The SMILES string of the molecule is CC(Cl)=CC=C(C)O[P+](=O)NC(C)C(=O)OC1CCCCC1. The molecule has 0 spiro atoms. The molecule has 22 heavy (non-hydrogen) atoms. The fourth-order valence-corrected chi connectivity index (χ4v) is 2.94. The van der Waals surface area contributed by atoms with Crippen molar-refractivity contribution in [3.8, 4) is 0 Å². The second-order valence-electron chi connectivity index (χ2n) is 5.43. The lowest BCUT2D eigenvalue weighted by molar-refractivity contribution is -0.152. The molecule has 0 radical (unpaired) electrons. The molecule has 2 atom stereocenters. The Morgan fingerprint density at radius 2 is 1.91 bits per heavy atom. The normalized spacial score (nSPS) is 19.5. The maximum Gasteiger partial charge on any atom is 0.664 e. The van der Waals surface area contributed by atoms with Gasteiger partial charge in [0, 0.05) is 9.60 Å². The number of carbonyl (C=O) groups is 1. The van der Waals surface area contributed by atoms with Gasteiger partial charge in [0.1, 0.15) is 12.1 Å². The third kappa shape index (κ3) is 7.92. The average molecular weight is 349 g/mol. The van der Waals surface area contributed by atoms with Gasteiger partial charge in [0.05, 0.1) is 0 Å². The molecule has 0 aromatic heterocycles. The summed E-state index contributed by atoms with van der Waals surface area (Å²) in [5.41, 5.74) is 0. The highest BCUT2D eigenvalue weighted by Crippen LogP contribution is 2.24. The van der Waals surface area contributed by atoms with Gasteiger partial charge in [-0.05, 0) is 58.6 Å². The molecule has 1 N–H and O–H groups in total. The highest BCUT2D eigenvalue weighted by Gasteiger charge is 2.30. The van der Waals surface area contributed by atoms with Crippen LogP contribution in [0.5, 0.6) is 0 Å². The fourth-order valence-electron chi connectivity index (χ4n) is 2.08. The zero-order valence-corrected chi connectivity index (χ0v) is 15.0. The van der Waals surface area contributed by atoms with E-state index in [2.05, 4.69) is 5.09 Å². The highest BCUT2D eigenvalue weighted by molar-refractivity contribution is 7.36. The van der Waals surface area contributed by atoms with Crippen molar-refractivity contribution in [3.63, 3.8) is 0 Å². The molecule has 1 rings (SSSR count). The number of rotatable bonds is 7. The number of esters is 1. The van der Waals surface area contributed by atoms with Crippen molar-refractivity contribution in [2.24, 2.45) is 0 Å². The van der Waals surface area contributed by atoms with Gasteiger partial charge in [-0.1, -0.05) is 23.1 Å². The summed E-state index contributed by atoms with van der Waals surface area (Å²) in [5, 5.41) is 3.20. The summed E-state index contributed by atoms with van der Waals surface area (Å²) in [6.45, 7) is 5.01. The van der Waals surface area contributed by atoms with E-state index in [-0.39, 0.29) is 6.10 Å². The topological polar surface area (TPSA) is 64.6 Å². The number of allylic oxidation sites excluding steroid dienone is 4. The quantitative estimate of drug-likeness (QED) is 0.316. The van der Waals surface area contributed by atoms with E-state index in [9.17, 15) is 9.36 Å². The van der Waals surface area contributed by atoms with Crippen LogP contribution >= 0.6 is 19.8 Å². The maximum atomic E-state index is 11.9. The van der Waals surface area contributed by atoms with E-state index in [1.165, 1.54) is 6.42 Å². The van der Waals surface area contributed by atoms with Crippen LogP contribution < -0.4 is 5.09 Å². The maximum absolute atomic E-state index is 11.9. The van der Waals surface area contributed by atoms with Gasteiger partial charge in [0.15, 0.2) is 5.76 Å². The van der Waals surface area contributed by atoms with Gasteiger partial charge in [-0.15, -0.1) is 0 Å². The Hall–Kier alpha value is -0.900. The molecule has 0 aromatic carbocycles. The molecule has 0 aromatic rings. The summed E-state index contributed by atoms with van der Waals surface area (Å²) >= 11 is 5.69. The summed E-state index contributed by atoms with van der Waals surface area (Å²) in [7, 11) is -2.19. The molecule has 0 saturated heterocycles. The van der Waals surface area contributed by atoms with Crippen molar-refractivity contribution < 1.29 is 18.6 Å². The number of ether oxygens (including phenoxy) is 1. The van der Waals surface area contributed by atoms with Gasteiger partial charge in [0.2, 0.25) is 0 Å². The zero-order valence-electron chi connectivity index (χ0n) is 13.3. The molecule has 0 amide bonds. The minimum absolute atomic E-state index is 0.0113. The van der Waals surface area contributed by atoms with E-state index in [0.29, 0.717) is 10.8 Å². The van der Waals surface area contributed by atoms with Crippen LogP contribution in [-0.4, -0.2) is 18.1 Å². The minimum Gasteiger partial charge on any atom is -0.461 e. The minimum atomic E-state index is -2.19. The van der Waals surface area contributed by atoms with Crippen LogP contribution in [0.2, 0.25) is 0 Å². The monoisotopic (exact) mass is 348 g/mol. The third-order valence-corrected chi connectivity index (χ3v) is 4.44. The van der Waals surface area contributed by atoms with Crippen molar-refractivity contribution in [2.75, 3.05) is 0 Å². The smallest absolute Gasteiger partial charge is 0.461 e. The Balaban J connectivity index is 2.37. The number of nitrogens with one attached hydrogen (secondary N) is 1. The Bertz CT molecular complexity index is 454. The van der Waals surface area contributed by atoms with Crippen molar-refractivity contribution in [3.05, 3.63) is 22.9 Å². The van der Waals surface area contributed by atoms with E-state index in [0.717, 1.165) is 25.7 Å². The van der Waals surface area contributed by atoms with E-state index in [4.69, 9.17) is 20.9 Å². The average Bonchev–Trinajstić information content (AvgIpc) is 2.45.